The molecule has 5 heteroatoms. The first-order chi connectivity index (χ1) is 7.58. The van der Waals surface area contributed by atoms with Gasteiger partial charge in [-0.1, -0.05) is 0 Å². The van der Waals surface area contributed by atoms with E-state index < -0.39 is 0 Å². The van der Waals surface area contributed by atoms with E-state index in [1.807, 2.05) is 13.8 Å². The summed E-state index contributed by atoms with van der Waals surface area (Å²) in [5, 5.41) is 9.59. The molecule has 0 radical (unpaired) electrons. The minimum Gasteiger partial charge on any atom is -0.391 e. The molecule has 88 valence electrons. The number of hydrogen-bond acceptors (Lipinski definition) is 4. The molecule has 1 aliphatic heterocycles. The number of aryl methyl sites for hydroxylation is 1. The Balaban J connectivity index is 2.14. The maximum absolute atomic E-state index is 12.1. The van der Waals surface area contributed by atoms with Gasteiger partial charge in [-0.25, -0.2) is 0 Å². The van der Waals surface area contributed by atoms with E-state index in [4.69, 9.17) is 0 Å². The Bertz CT molecular complexity index is 391. The van der Waals surface area contributed by atoms with Crippen molar-refractivity contribution in [1.82, 2.24) is 9.27 Å². The summed E-state index contributed by atoms with van der Waals surface area (Å²) < 4.78 is 4.12. The molecular weight excluding hydrogens is 224 g/mol. The number of rotatable bonds is 1. The second-order valence-corrected chi connectivity index (χ2v) is 5.37. The van der Waals surface area contributed by atoms with Crippen LogP contribution in [0.15, 0.2) is 6.07 Å². The highest BCUT2D eigenvalue weighted by atomic mass is 32.1. The lowest BCUT2D eigenvalue weighted by molar-refractivity contribution is 0.0306. The molecule has 0 spiro atoms. The monoisotopic (exact) mass is 240 g/mol. The third kappa shape index (κ3) is 2.25. The number of carbonyl (C=O) groups excluding carboxylic acids is 1. The topological polar surface area (TPSA) is 53.4 Å². The molecule has 0 bridgehead atoms. The first-order valence-electron chi connectivity index (χ1n) is 5.50. The fraction of sp³-hybridized carbons (Fsp3) is 0.636. The molecule has 1 amide bonds. The minimum absolute atomic E-state index is 0.0596. The summed E-state index contributed by atoms with van der Waals surface area (Å²) in [5.41, 5.74) is 0.503. The summed E-state index contributed by atoms with van der Waals surface area (Å²) >= 11 is 1.34. The molecule has 2 atom stereocenters. The van der Waals surface area contributed by atoms with Crippen LogP contribution >= 0.6 is 11.5 Å². The average Bonchev–Trinajstić information content (AvgIpc) is 2.67. The Morgan fingerprint density at radius 2 is 2.38 bits per heavy atom. The van der Waals surface area contributed by atoms with Gasteiger partial charge in [-0.3, -0.25) is 4.79 Å². The molecule has 2 unspecified atom stereocenters. The van der Waals surface area contributed by atoms with Crippen LogP contribution in [0.4, 0.5) is 0 Å². The number of likely N-dealkylation sites (tertiary alicyclic amines) is 1. The van der Waals surface area contributed by atoms with Crippen molar-refractivity contribution in [2.24, 2.45) is 0 Å². The summed E-state index contributed by atoms with van der Waals surface area (Å²) in [4.78, 5) is 14.9. The second-order valence-electron chi connectivity index (χ2n) is 4.36. The summed E-state index contributed by atoms with van der Waals surface area (Å²) in [6.07, 6.45) is 1.25. The van der Waals surface area contributed by atoms with E-state index in [0.717, 1.165) is 17.7 Å². The average molecular weight is 240 g/mol. The van der Waals surface area contributed by atoms with Gasteiger partial charge in [0, 0.05) is 17.5 Å². The number of amides is 1. The summed E-state index contributed by atoms with van der Waals surface area (Å²) in [5.74, 6) is -0.0596. The summed E-state index contributed by atoms with van der Waals surface area (Å²) in [6, 6.07) is 2.00. The fourth-order valence-electron chi connectivity index (χ4n) is 1.99. The van der Waals surface area contributed by atoms with Gasteiger partial charge in [0.1, 0.15) is 5.69 Å². The lowest BCUT2D eigenvalue weighted by Crippen LogP contribution is -2.47. The Morgan fingerprint density at radius 1 is 1.62 bits per heavy atom. The maximum Gasteiger partial charge on any atom is 0.273 e. The Hall–Kier alpha value is -0.940. The number of β-amino-alcohol motifs (C(OH)–C–C–N with tert-alkyl or cyclic N) is 1. The number of aliphatic hydroxyl groups excluding tert-OH is 1. The normalized spacial score (nSPS) is 25.8. The van der Waals surface area contributed by atoms with Gasteiger partial charge in [0.25, 0.3) is 5.91 Å². The maximum atomic E-state index is 12.1. The third-order valence-corrected chi connectivity index (χ3v) is 3.66. The molecule has 1 N–H and O–H groups in total. The van der Waals surface area contributed by atoms with Crippen molar-refractivity contribution in [3.05, 3.63) is 16.6 Å². The number of aromatic nitrogens is 1. The summed E-state index contributed by atoms with van der Waals surface area (Å²) in [6.45, 7) is 4.38. The highest BCUT2D eigenvalue weighted by molar-refractivity contribution is 7.05. The smallest absolute Gasteiger partial charge is 0.273 e. The molecule has 16 heavy (non-hydrogen) atoms. The molecule has 0 aromatic carbocycles. The van der Waals surface area contributed by atoms with Gasteiger partial charge in [0.2, 0.25) is 0 Å². The zero-order valence-electron chi connectivity index (χ0n) is 9.51. The van der Waals surface area contributed by atoms with Crippen LogP contribution in [0.25, 0.3) is 0 Å². The molecule has 1 aromatic rings. The van der Waals surface area contributed by atoms with E-state index >= 15 is 0 Å². The molecule has 1 aliphatic rings. The molecule has 0 saturated carbocycles. The highest BCUT2D eigenvalue weighted by Crippen LogP contribution is 2.20. The van der Waals surface area contributed by atoms with E-state index in [1.165, 1.54) is 11.5 Å². The standard InChI is InChI=1S/C11H16N2O2S/c1-7-3-4-9(14)6-13(7)11(15)10-5-8(2)16-12-10/h5,7,9,14H,3-4,6H2,1-2H3. The van der Waals surface area contributed by atoms with E-state index in [2.05, 4.69) is 4.37 Å². The molecule has 2 heterocycles. The molecule has 0 aliphatic carbocycles. The van der Waals surface area contributed by atoms with E-state index in [0.29, 0.717) is 12.2 Å². The molecule has 2 rings (SSSR count). The van der Waals surface area contributed by atoms with Gasteiger partial charge in [0.05, 0.1) is 6.10 Å². The van der Waals surface area contributed by atoms with Crippen LogP contribution in [0.1, 0.15) is 35.1 Å². The first kappa shape index (κ1) is 11.5. The van der Waals surface area contributed by atoms with Crippen LogP contribution in [0.5, 0.6) is 0 Å². The predicted octanol–water partition coefficient (Wildman–Crippen LogP) is 1.44. The van der Waals surface area contributed by atoms with Crippen molar-refractivity contribution < 1.29 is 9.90 Å². The van der Waals surface area contributed by atoms with Crippen LogP contribution in [-0.2, 0) is 0 Å². The number of aliphatic hydroxyl groups is 1. The van der Waals surface area contributed by atoms with Crippen LogP contribution in [0.3, 0.4) is 0 Å². The SMILES string of the molecule is Cc1cc(C(=O)N2CC(O)CCC2C)ns1. The number of hydrogen-bond donors (Lipinski definition) is 1. The van der Waals surface area contributed by atoms with Crippen LogP contribution in [0, 0.1) is 6.92 Å². The zero-order valence-corrected chi connectivity index (χ0v) is 10.3. The lowest BCUT2D eigenvalue weighted by atomic mass is 10.0. The van der Waals surface area contributed by atoms with Crippen molar-refractivity contribution in [2.75, 3.05) is 6.54 Å². The van der Waals surface area contributed by atoms with Gasteiger partial charge in [-0.15, -0.1) is 0 Å². The largest absolute Gasteiger partial charge is 0.391 e. The van der Waals surface area contributed by atoms with E-state index in [9.17, 15) is 9.90 Å². The Labute approximate surface area is 99.1 Å². The molecule has 1 fully saturated rings. The summed E-state index contributed by atoms with van der Waals surface area (Å²) in [7, 11) is 0. The second kappa shape index (κ2) is 4.51. The van der Waals surface area contributed by atoms with Crippen molar-refractivity contribution in [3.63, 3.8) is 0 Å². The fourth-order valence-corrected chi connectivity index (χ4v) is 2.52. The number of nitrogens with zero attached hydrogens (tertiary/aromatic N) is 2. The molecule has 1 saturated heterocycles. The molecule has 1 aromatic heterocycles. The molecule has 4 nitrogen and oxygen atoms in total. The quantitative estimate of drug-likeness (QED) is 0.808. The van der Waals surface area contributed by atoms with Gasteiger partial charge < -0.3 is 10.0 Å². The van der Waals surface area contributed by atoms with Crippen LogP contribution in [-0.4, -0.2) is 39.0 Å². The van der Waals surface area contributed by atoms with Crippen LogP contribution in [0.2, 0.25) is 0 Å². The zero-order chi connectivity index (χ0) is 11.7. The van der Waals surface area contributed by atoms with Crippen molar-refractivity contribution in [3.8, 4) is 0 Å². The van der Waals surface area contributed by atoms with Gasteiger partial charge >= 0.3 is 0 Å². The minimum atomic E-state index is -0.389. The predicted molar refractivity (Wildman–Crippen MR) is 62.6 cm³/mol. The first-order valence-corrected chi connectivity index (χ1v) is 6.27. The third-order valence-electron chi connectivity index (χ3n) is 2.97. The molecular formula is C11H16N2O2S. The number of piperidine rings is 1. The number of carbonyl (C=O) groups is 1. The van der Waals surface area contributed by atoms with Gasteiger partial charge in [0.15, 0.2) is 0 Å². The van der Waals surface area contributed by atoms with Crippen molar-refractivity contribution >= 4 is 17.4 Å². The van der Waals surface area contributed by atoms with Crippen molar-refractivity contribution in [1.29, 1.82) is 0 Å². The van der Waals surface area contributed by atoms with E-state index in [-0.39, 0.29) is 18.1 Å². The van der Waals surface area contributed by atoms with Crippen LogP contribution < -0.4 is 0 Å². The lowest BCUT2D eigenvalue weighted by Gasteiger charge is -2.35. The highest BCUT2D eigenvalue weighted by Gasteiger charge is 2.29. The van der Waals surface area contributed by atoms with Crippen molar-refractivity contribution in [2.45, 2.75) is 38.8 Å². The van der Waals surface area contributed by atoms with Gasteiger partial charge in [-0.2, -0.15) is 4.37 Å². The Morgan fingerprint density at radius 3 is 3.00 bits per heavy atom. The Kier molecular flexibility index (Phi) is 3.25. The van der Waals surface area contributed by atoms with E-state index in [1.54, 1.807) is 11.0 Å². The van der Waals surface area contributed by atoms with Gasteiger partial charge in [-0.05, 0) is 44.3 Å².